The lowest BCUT2D eigenvalue weighted by atomic mass is 10.0. The quantitative estimate of drug-likeness (QED) is 0.790. The number of nitrogens with zero attached hydrogens (tertiary/aromatic N) is 1. The smallest absolute Gasteiger partial charge is 0.251 e. The summed E-state index contributed by atoms with van der Waals surface area (Å²) in [5, 5.41) is 1.00. The molecule has 0 fully saturated rings. The lowest BCUT2D eigenvalue weighted by Crippen LogP contribution is -2.27. The predicted molar refractivity (Wildman–Crippen MR) is 102 cm³/mol. The SMILES string of the molecule is Cc1cc2cc(CCC(=O)N(C)c3ccccc3)c(=O)[nH]c2cc1C. The van der Waals surface area contributed by atoms with Crippen molar-refractivity contribution in [1.29, 1.82) is 0 Å². The van der Waals surface area contributed by atoms with E-state index in [1.807, 2.05) is 49.4 Å². The van der Waals surface area contributed by atoms with E-state index in [1.165, 1.54) is 5.56 Å². The summed E-state index contributed by atoms with van der Waals surface area (Å²) in [6, 6.07) is 15.5. The van der Waals surface area contributed by atoms with Gasteiger partial charge in [-0.05, 0) is 67.1 Å². The number of fused-ring (bicyclic) bond motifs is 1. The van der Waals surface area contributed by atoms with Gasteiger partial charge in [-0.2, -0.15) is 0 Å². The van der Waals surface area contributed by atoms with Crippen LogP contribution in [-0.4, -0.2) is 17.9 Å². The molecule has 2 aromatic carbocycles. The van der Waals surface area contributed by atoms with E-state index in [0.717, 1.165) is 22.2 Å². The maximum Gasteiger partial charge on any atom is 0.251 e. The molecule has 128 valence electrons. The van der Waals surface area contributed by atoms with E-state index in [0.29, 0.717) is 18.4 Å². The average molecular weight is 334 g/mol. The van der Waals surface area contributed by atoms with Gasteiger partial charge < -0.3 is 9.88 Å². The summed E-state index contributed by atoms with van der Waals surface area (Å²) >= 11 is 0. The van der Waals surface area contributed by atoms with Gasteiger partial charge in [0.15, 0.2) is 0 Å². The molecule has 1 aromatic heterocycles. The van der Waals surface area contributed by atoms with Crippen molar-refractivity contribution in [2.75, 3.05) is 11.9 Å². The molecule has 4 nitrogen and oxygen atoms in total. The maximum atomic E-state index is 12.4. The van der Waals surface area contributed by atoms with Crippen LogP contribution in [0.2, 0.25) is 0 Å². The van der Waals surface area contributed by atoms with Crippen LogP contribution in [0.4, 0.5) is 5.69 Å². The Labute approximate surface area is 147 Å². The number of carbonyl (C=O) groups is 1. The van der Waals surface area contributed by atoms with Crippen LogP contribution in [-0.2, 0) is 11.2 Å². The Balaban J connectivity index is 1.79. The van der Waals surface area contributed by atoms with Gasteiger partial charge in [-0.3, -0.25) is 9.59 Å². The molecule has 0 aliphatic rings. The second-order valence-electron chi connectivity index (χ2n) is 6.44. The van der Waals surface area contributed by atoms with Crippen LogP contribution in [0, 0.1) is 13.8 Å². The third-order valence-electron chi connectivity index (χ3n) is 4.66. The average Bonchev–Trinajstić information content (AvgIpc) is 2.61. The lowest BCUT2D eigenvalue weighted by molar-refractivity contribution is -0.118. The molecule has 0 spiro atoms. The first kappa shape index (κ1) is 17.0. The summed E-state index contributed by atoms with van der Waals surface area (Å²) < 4.78 is 0. The molecule has 3 rings (SSSR count). The number of para-hydroxylation sites is 1. The van der Waals surface area contributed by atoms with Gasteiger partial charge in [0.05, 0.1) is 0 Å². The van der Waals surface area contributed by atoms with Crippen molar-refractivity contribution in [2.24, 2.45) is 0 Å². The Hall–Kier alpha value is -2.88. The minimum atomic E-state index is -0.120. The molecule has 0 saturated heterocycles. The fourth-order valence-corrected chi connectivity index (χ4v) is 2.91. The Bertz CT molecular complexity index is 974. The summed E-state index contributed by atoms with van der Waals surface area (Å²) in [5.74, 6) is -0.00853. The number of amides is 1. The predicted octanol–water partition coefficient (Wildman–Crippen LogP) is 3.74. The molecule has 3 aromatic rings. The molecule has 0 aliphatic heterocycles. The Morgan fingerprint density at radius 2 is 1.72 bits per heavy atom. The van der Waals surface area contributed by atoms with E-state index in [-0.39, 0.29) is 11.5 Å². The molecular formula is C21H22N2O2. The monoisotopic (exact) mass is 334 g/mol. The number of anilines is 1. The van der Waals surface area contributed by atoms with Crippen molar-refractivity contribution < 1.29 is 4.79 Å². The molecule has 0 atom stereocenters. The summed E-state index contributed by atoms with van der Waals surface area (Å²) in [5.41, 5.74) is 4.55. The lowest BCUT2D eigenvalue weighted by Gasteiger charge is -2.17. The number of hydrogen-bond donors (Lipinski definition) is 1. The van der Waals surface area contributed by atoms with Crippen molar-refractivity contribution >= 4 is 22.5 Å². The molecule has 25 heavy (non-hydrogen) atoms. The first-order valence-electron chi connectivity index (χ1n) is 8.40. The van der Waals surface area contributed by atoms with Crippen LogP contribution >= 0.6 is 0 Å². The van der Waals surface area contributed by atoms with E-state index in [4.69, 9.17) is 0 Å². The van der Waals surface area contributed by atoms with E-state index in [2.05, 4.69) is 18.0 Å². The Morgan fingerprint density at radius 1 is 1.04 bits per heavy atom. The topological polar surface area (TPSA) is 53.2 Å². The van der Waals surface area contributed by atoms with Gasteiger partial charge in [0.2, 0.25) is 5.91 Å². The molecular weight excluding hydrogens is 312 g/mol. The molecule has 4 heteroatoms. The van der Waals surface area contributed by atoms with Crippen molar-refractivity contribution in [3.63, 3.8) is 0 Å². The number of benzene rings is 2. The molecule has 0 bridgehead atoms. The first-order chi connectivity index (χ1) is 12.0. The maximum absolute atomic E-state index is 12.4. The highest BCUT2D eigenvalue weighted by molar-refractivity contribution is 5.93. The van der Waals surface area contributed by atoms with Crippen molar-refractivity contribution in [3.8, 4) is 0 Å². The summed E-state index contributed by atoms with van der Waals surface area (Å²) in [7, 11) is 1.76. The minimum Gasteiger partial charge on any atom is -0.322 e. The molecule has 0 unspecified atom stereocenters. The van der Waals surface area contributed by atoms with Crippen LogP contribution in [0.1, 0.15) is 23.1 Å². The second kappa shape index (κ2) is 6.93. The Morgan fingerprint density at radius 3 is 2.44 bits per heavy atom. The molecule has 0 radical (unpaired) electrons. The van der Waals surface area contributed by atoms with Crippen molar-refractivity contribution in [2.45, 2.75) is 26.7 Å². The van der Waals surface area contributed by atoms with Crippen LogP contribution < -0.4 is 10.5 Å². The summed E-state index contributed by atoms with van der Waals surface area (Å²) in [6.07, 6.45) is 0.721. The summed E-state index contributed by atoms with van der Waals surface area (Å²) in [4.78, 5) is 29.3. The number of aryl methyl sites for hydroxylation is 3. The normalized spacial score (nSPS) is 10.8. The second-order valence-corrected chi connectivity index (χ2v) is 6.44. The minimum absolute atomic E-state index is 0.00853. The van der Waals surface area contributed by atoms with Crippen LogP contribution in [0.25, 0.3) is 10.9 Å². The molecule has 0 aliphatic carbocycles. The van der Waals surface area contributed by atoms with Gasteiger partial charge in [-0.15, -0.1) is 0 Å². The highest BCUT2D eigenvalue weighted by Gasteiger charge is 2.12. The molecule has 1 N–H and O–H groups in total. The largest absolute Gasteiger partial charge is 0.322 e. The zero-order valence-electron chi connectivity index (χ0n) is 14.8. The van der Waals surface area contributed by atoms with Crippen LogP contribution in [0.5, 0.6) is 0 Å². The third-order valence-corrected chi connectivity index (χ3v) is 4.66. The molecule has 1 amide bonds. The van der Waals surface area contributed by atoms with Crippen molar-refractivity contribution in [3.05, 3.63) is 75.6 Å². The zero-order chi connectivity index (χ0) is 18.0. The van der Waals surface area contributed by atoms with Crippen LogP contribution in [0.3, 0.4) is 0 Å². The molecule has 1 heterocycles. The van der Waals surface area contributed by atoms with E-state index >= 15 is 0 Å². The third kappa shape index (κ3) is 3.63. The van der Waals surface area contributed by atoms with E-state index < -0.39 is 0 Å². The van der Waals surface area contributed by atoms with Crippen LogP contribution in [0.15, 0.2) is 53.3 Å². The summed E-state index contributed by atoms with van der Waals surface area (Å²) in [6.45, 7) is 4.08. The van der Waals surface area contributed by atoms with Gasteiger partial charge in [0, 0.05) is 30.2 Å². The highest BCUT2D eigenvalue weighted by Crippen LogP contribution is 2.18. The van der Waals surface area contributed by atoms with Gasteiger partial charge in [0.1, 0.15) is 0 Å². The zero-order valence-corrected chi connectivity index (χ0v) is 14.8. The van der Waals surface area contributed by atoms with E-state index in [9.17, 15) is 9.59 Å². The number of pyridine rings is 1. The fourth-order valence-electron chi connectivity index (χ4n) is 2.91. The number of rotatable bonds is 4. The van der Waals surface area contributed by atoms with Gasteiger partial charge >= 0.3 is 0 Å². The Kier molecular flexibility index (Phi) is 4.70. The number of nitrogens with one attached hydrogen (secondary N) is 1. The van der Waals surface area contributed by atoms with Gasteiger partial charge in [-0.1, -0.05) is 18.2 Å². The highest BCUT2D eigenvalue weighted by atomic mass is 16.2. The van der Waals surface area contributed by atoms with Gasteiger partial charge in [0.25, 0.3) is 5.56 Å². The standard InChI is InChI=1S/C21H22N2O2/c1-14-11-17-13-16(21(25)22-19(17)12-15(14)2)9-10-20(24)23(3)18-7-5-4-6-8-18/h4-8,11-13H,9-10H2,1-3H3,(H,22,25). The van der Waals surface area contributed by atoms with Gasteiger partial charge in [-0.25, -0.2) is 0 Å². The number of aromatic nitrogens is 1. The van der Waals surface area contributed by atoms with Crippen molar-refractivity contribution in [1.82, 2.24) is 4.98 Å². The number of carbonyl (C=O) groups excluding carboxylic acids is 1. The number of H-pyrrole nitrogens is 1. The first-order valence-corrected chi connectivity index (χ1v) is 8.40. The fraction of sp³-hybridized carbons (Fsp3) is 0.238. The number of aromatic amines is 1. The molecule has 0 saturated carbocycles. The number of hydrogen-bond acceptors (Lipinski definition) is 2. The van der Waals surface area contributed by atoms with E-state index in [1.54, 1.807) is 11.9 Å².